The van der Waals surface area contributed by atoms with Crippen LogP contribution in [0.5, 0.6) is 0 Å². The van der Waals surface area contributed by atoms with Crippen LogP contribution in [-0.2, 0) is 9.59 Å². The normalized spacial score (nSPS) is 15.2. The third-order valence-corrected chi connectivity index (χ3v) is 6.43. The van der Waals surface area contributed by atoms with Gasteiger partial charge in [-0.05, 0) is 37.4 Å². The summed E-state index contributed by atoms with van der Waals surface area (Å²) in [6.07, 6.45) is 5.93. The monoisotopic (exact) mass is 464 g/mol. The van der Waals surface area contributed by atoms with Gasteiger partial charge in [0.2, 0.25) is 11.8 Å². The summed E-state index contributed by atoms with van der Waals surface area (Å²) in [6, 6.07) is 8.97. The Hall–Kier alpha value is -3.26. The van der Waals surface area contributed by atoms with Crippen molar-refractivity contribution in [2.24, 2.45) is 5.92 Å². The molecule has 1 unspecified atom stereocenters. The average molecular weight is 465 g/mol. The minimum atomic E-state index is -0.381. The van der Waals surface area contributed by atoms with Gasteiger partial charge < -0.3 is 19.6 Å². The van der Waals surface area contributed by atoms with Crippen molar-refractivity contribution in [3.8, 4) is 11.3 Å². The molecule has 0 bridgehead atoms. The van der Waals surface area contributed by atoms with Gasteiger partial charge in [-0.2, -0.15) is 0 Å². The zero-order valence-corrected chi connectivity index (χ0v) is 19.8. The highest BCUT2D eigenvalue weighted by atomic mass is 16.4. The number of carbonyl (C=O) groups is 2. The van der Waals surface area contributed by atoms with E-state index >= 15 is 0 Å². The summed E-state index contributed by atoms with van der Waals surface area (Å²) in [5, 5.41) is 4.00. The predicted molar refractivity (Wildman–Crippen MR) is 130 cm³/mol. The van der Waals surface area contributed by atoms with Crippen molar-refractivity contribution in [2.45, 2.75) is 51.5 Å². The third-order valence-electron chi connectivity index (χ3n) is 6.43. The number of rotatable bonds is 11. The number of ketones is 1. The topological polar surface area (TPSA) is 108 Å². The number of para-hydroxylation sites is 1. The number of Topliss-reactive ketones (excluding diaryl/α,β-unsaturated/α-hetero) is 1. The molecule has 0 spiro atoms. The molecule has 2 aromatic heterocycles. The number of likely N-dealkylation sites (tertiary alicyclic amines) is 1. The number of oxazole rings is 1. The molecule has 0 saturated carbocycles. The number of benzene rings is 1. The summed E-state index contributed by atoms with van der Waals surface area (Å²) in [7, 11) is 1.99. The first-order valence-electron chi connectivity index (χ1n) is 12.0. The first-order chi connectivity index (χ1) is 16.4. The van der Waals surface area contributed by atoms with Gasteiger partial charge in [0, 0.05) is 31.4 Å². The van der Waals surface area contributed by atoms with Crippen molar-refractivity contribution in [3.05, 3.63) is 52.8 Å². The quantitative estimate of drug-likeness (QED) is 0.418. The smallest absolute Gasteiger partial charge is 0.259 e. The lowest BCUT2D eigenvalue weighted by Crippen LogP contribution is -2.52. The first-order valence-corrected chi connectivity index (χ1v) is 12.0. The van der Waals surface area contributed by atoms with Gasteiger partial charge in [-0.1, -0.05) is 38.0 Å². The molecule has 1 amide bonds. The van der Waals surface area contributed by atoms with Crippen LogP contribution in [0.4, 0.5) is 0 Å². The Balaban J connectivity index is 1.49. The molecule has 180 valence electrons. The number of nitrogens with zero attached hydrogens (tertiary/aromatic N) is 2. The Morgan fingerprint density at radius 3 is 2.79 bits per heavy atom. The largest absolute Gasteiger partial charge is 0.438 e. The van der Waals surface area contributed by atoms with Crippen molar-refractivity contribution in [1.29, 1.82) is 0 Å². The zero-order chi connectivity index (χ0) is 24.1. The highest BCUT2D eigenvalue weighted by Gasteiger charge is 2.32. The van der Waals surface area contributed by atoms with Crippen molar-refractivity contribution >= 4 is 22.6 Å². The van der Waals surface area contributed by atoms with Crippen LogP contribution in [0.2, 0.25) is 0 Å². The van der Waals surface area contributed by atoms with E-state index < -0.39 is 0 Å². The Kier molecular flexibility index (Phi) is 7.57. The molecule has 1 saturated heterocycles. The molecule has 2 N–H and O–H groups in total. The molecular weight excluding hydrogens is 432 g/mol. The number of carbonyl (C=O) groups excluding carboxylic acids is 2. The van der Waals surface area contributed by atoms with E-state index in [9.17, 15) is 14.4 Å². The van der Waals surface area contributed by atoms with E-state index in [4.69, 9.17) is 4.42 Å². The Morgan fingerprint density at radius 1 is 1.24 bits per heavy atom. The third kappa shape index (κ3) is 5.62. The van der Waals surface area contributed by atoms with E-state index in [-0.39, 0.29) is 29.2 Å². The molecule has 34 heavy (non-hydrogen) atoms. The second-order valence-electron chi connectivity index (χ2n) is 9.13. The number of fused-ring (bicyclic) bond motifs is 1. The highest BCUT2D eigenvalue weighted by molar-refractivity contribution is 5.82. The Morgan fingerprint density at radius 2 is 2.03 bits per heavy atom. The standard InChI is InChI=1S/C26H32N4O4/c1-3-19(31)10-5-4-6-12-22(29-24(32)18-15-30(2)16-18)26-27-14-23(34-26)20-13-17-9-7-8-11-21(17)28-25(20)33/h7-9,11,13-14,18,22H,3-6,10,12,15-16H2,1-2H3,(H,28,33)(H,29,32). The second kappa shape index (κ2) is 10.8. The predicted octanol–water partition coefficient (Wildman–Crippen LogP) is 3.83. The van der Waals surface area contributed by atoms with Crippen LogP contribution in [0.1, 0.15) is 57.4 Å². The van der Waals surface area contributed by atoms with Crippen LogP contribution < -0.4 is 10.9 Å². The fourth-order valence-electron chi connectivity index (χ4n) is 4.34. The van der Waals surface area contributed by atoms with Gasteiger partial charge >= 0.3 is 0 Å². The molecular formula is C26H32N4O4. The minimum Gasteiger partial charge on any atom is -0.438 e. The van der Waals surface area contributed by atoms with E-state index in [0.29, 0.717) is 36.5 Å². The van der Waals surface area contributed by atoms with Gasteiger partial charge in [0.1, 0.15) is 11.8 Å². The summed E-state index contributed by atoms with van der Waals surface area (Å²) in [6.45, 7) is 3.36. The van der Waals surface area contributed by atoms with Gasteiger partial charge in [0.25, 0.3) is 5.56 Å². The summed E-state index contributed by atoms with van der Waals surface area (Å²) < 4.78 is 6.02. The lowest BCUT2D eigenvalue weighted by Gasteiger charge is -2.35. The molecule has 0 radical (unpaired) electrons. The molecule has 3 aromatic rings. The van der Waals surface area contributed by atoms with E-state index in [1.54, 1.807) is 12.3 Å². The van der Waals surface area contributed by atoms with E-state index in [1.807, 2.05) is 38.2 Å². The van der Waals surface area contributed by atoms with Crippen LogP contribution in [0.3, 0.4) is 0 Å². The van der Waals surface area contributed by atoms with Crippen molar-refractivity contribution in [3.63, 3.8) is 0 Å². The Labute approximate surface area is 198 Å². The van der Waals surface area contributed by atoms with Crippen LogP contribution in [0, 0.1) is 5.92 Å². The summed E-state index contributed by atoms with van der Waals surface area (Å²) in [5.74, 6) is 1.00. The van der Waals surface area contributed by atoms with Crippen molar-refractivity contribution < 1.29 is 14.0 Å². The van der Waals surface area contributed by atoms with Gasteiger partial charge in [-0.25, -0.2) is 4.98 Å². The number of hydrogen-bond acceptors (Lipinski definition) is 6. The molecule has 1 atom stereocenters. The van der Waals surface area contributed by atoms with Gasteiger partial charge in [0.05, 0.1) is 17.7 Å². The van der Waals surface area contributed by atoms with E-state index in [2.05, 4.69) is 20.2 Å². The molecule has 8 nitrogen and oxygen atoms in total. The fourth-order valence-corrected chi connectivity index (χ4v) is 4.34. The first kappa shape index (κ1) is 23.9. The van der Waals surface area contributed by atoms with Crippen LogP contribution in [-0.4, -0.2) is 46.7 Å². The summed E-state index contributed by atoms with van der Waals surface area (Å²) in [4.78, 5) is 46.3. The number of aromatic nitrogens is 2. The number of unbranched alkanes of at least 4 members (excludes halogenated alkanes) is 2. The van der Waals surface area contributed by atoms with Gasteiger partial charge in [-0.15, -0.1) is 0 Å². The number of hydrogen-bond donors (Lipinski definition) is 2. The summed E-state index contributed by atoms with van der Waals surface area (Å²) in [5.41, 5.74) is 0.912. The lowest BCUT2D eigenvalue weighted by molar-refractivity contribution is -0.130. The maximum atomic E-state index is 12.7. The molecule has 1 aliphatic heterocycles. The zero-order valence-electron chi connectivity index (χ0n) is 19.8. The maximum absolute atomic E-state index is 12.7. The number of H-pyrrole nitrogens is 1. The van der Waals surface area contributed by atoms with Crippen molar-refractivity contribution in [1.82, 2.24) is 20.2 Å². The number of nitrogens with one attached hydrogen (secondary N) is 2. The molecule has 0 aliphatic carbocycles. The second-order valence-corrected chi connectivity index (χ2v) is 9.13. The number of aromatic amines is 1. The molecule has 1 fully saturated rings. The average Bonchev–Trinajstić information content (AvgIpc) is 3.30. The van der Waals surface area contributed by atoms with Crippen molar-refractivity contribution in [2.75, 3.05) is 20.1 Å². The molecule has 1 aliphatic rings. The minimum absolute atomic E-state index is 0.00689. The molecule has 8 heteroatoms. The lowest BCUT2D eigenvalue weighted by atomic mass is 9.99. The van der Waals surface area contributed by atoms with Crippen LogP contribution in [0.25, 0.3) is 22.2 Å². The molecule has 1 aromatic carbocycles. The van der Waals surface area contributed by atoms with Crippen LogP contribution >= 0.6 is 0 Å². The van der Waals surface area contributed by atoms with E-state index in [0.717, 1.165) is 43.3 Å². The maximum Gasteiger partial charge on any atom is 0.259 e. The molecule has 3 heterocycles. The SMILES string of the molecule is CCC(=O)CCCCCC(NC(=O)C1CN(C)C1)c1ncc(-c2cc3ccccc3[nH]c2=O)o1. The van der Waals surface area contributed by atoms with Gasteiger partial charge in [0.15, 0.2) is 5.76 Å². The number of amides is 1. The number of pyridine rings is 1. The van der Waals surface area contributed by atoms with E-state index in [1.165, 1.54) is 0 Å². The Bertz CT molecular complexity index is 1210. The van der Waals surface area contributed by atoms with Gasteiger partial charge in [-0.3, -0.25) is 14.4 Å². The molecule has 4 rings (SSSR count). The van der Waals surface area contributed by atoms with Crippen LogP contribution in [0.15, 0.2) is 45.7 Å². The summed E-state index contributed by atoms with van der Waals surface area (Å²) >= 11 is 0. The fraction of sp³-hybridized carbons (Fsp3) is 0.462. The highest BCUT2D eigenvalue weighted by Crippen LogP contribution is 2.26.